The second kappa shape index (κ2) is 5.41. The van der Waals surface area contributed by atoms with Crippen LogP contribution in [0.15, 0.2) is 30.3 Å². The van der Waals surface area contributed by atoms with Gasteiger partial charge in [-0.1, -0.05) is 30.3 Å². The number of benzene rings is 1. The summed E-state index contributed by atoms with van der Waals surface area (Å²) in [6.45, 7) is 0.860. The van der Waals surface area contributed by atoms with Gasteiger partial charge in [0.1, 0.15) is 18.3 Å². The SMILES string of the molecule is OCC(O)C(OCC1CO1)c1ccccc1. The van der Waals surface area contributed by atoms with Gasteiger partial charge in [0.05, 0.1) is 19.8 Å². The summed E-state index contributed by atoms with van der Waals surface area (Å²) in [5, 5.41) is 18.7. The van der Waals surface area contributed by atoms with Crippen LogP contribution in [-0.2, 0) is 9.47 Å². The zero-order chi connectivity index (χ0) is 11.4. The normalized spacial score (nSPS) is 22.8. The van der Waals surface area contributed by atoms with Crippen molar-refractivity contribution in [1.82, 2.24) is 0 Å². The number of rotatable bonds is 6. The molecule has 2 N–H and O–H groups in total. The molecule has 1 saturated heterocycles. The minimum absolute atomic E-state index is 0.150. The average molecular weight is 224 g/mol. The van der Waals surface area contributed by atoms with Gasteiger partial charge in [-0.15, -0.1) is 0 Å². The molecular formula is C12H16O4. The summed E-state index contributed by atoms with van der Waals surface area (Å²) >= 11 is 0. The average Bonchev–Trinajstić information content (AvgIpc) is 3.14. The van der Waals surface area contributed by atoms with Crippen molar-refractivity contribution in [1.29, 1.82) is 0 Å². The standard InChI is InChI=1S/C12H16O4/c13-6-11(14)12(16-8-10-7-15-10)9-4-2-1-3-5-9/h1-5,10-14H,6-8H2. The maximum absolute atomic E-state index is 9.69. The lowest BCUT2D eigenvalue weighted by atomic mass is 10.0. The molecule has 1 fully saturated rings. The van der Waals surface area contributed by atoms with Crippen molar-refractivity contribution in [2.45, 2.75) is 18.3 Å². The second-order valence-corrected chi connectivity index (χ2v) is 3.87. The van der Waals surface area contributed by atoms with E-state index in [9.17, 15) is 5.11 Å². The first-order chi connectivity index (χ1) is 7.81. The van der Waals surface area contributed by atoms with Crippen molar-refractivity contribution in [3.63, 3.8) is 0 Å². The van der Waals surface area contributed by atoms with E-state index in [0.717, 1.165) is 12.2 Å². The Morgan fingerprint density at radius 2 is 2.06 bits per heavy atom. The maximum Gasteiger partial charge on any atom is 0.111 e. The Kier molecular flexibility index (Phi) is 3.90. The number of hydrogen-bond acceptors (Lipinski definition) is 4. The molecule has 0 spiro atoms. The molecule has 0 saturated carbocycles. The highest BCUT2D eigenvalue weighted by atomic mass is 16.6. The lowest BCUT2D eigenvalue weighted by Crippen LogP contribution is -2.26. The van der Waals surface area contributed by atoms with Crippen molar-refractivity contribution < 1.29 is 19.7 Å². The van der Waals surface area contributed by atoms with Crippen molar-refractivity contribution >= 4 is 0 Å². The van der Waals surface area contributed by atoms with Gasteiger partial charge in [-0.3, -0.25) is 0 Å². The summed E-state index contributed by atoms with van der Waals surface area (Å²) in [6, 6.07) is 9.40. The Morgan fingerprint density at radius 3 is 2.62 bits per heavy atom. The first-order valence-corrected chi connectivity index (χ1v) is 5.38. The van der Waals surface area contributed by atoms with Crippen LogP contribution in [0.3, 0.4) is 0 Å². The lowest BCUT2D eigenvalue weighted by molar-refractivity contribution is -0.0634. The van der Waals surface area contributed by atoms with Gasteiger partial charge >= 0.3 is 0 Å². The zero-order valence-corrected chi connectivity index (χ0v) is 8.95. The third kappa shape index (κ3) is 3.02. The molecule has 1 aromatic carbocycles. The zero-order valence-electron chi connectivity index (χ0n) is 8.95. The van der Waals surface area contributed by atoms with Crippen LogP contribution < -0.4 is 0 Å². The van der Waals surface area contributed by atoms with Gasteiger partial charge in [0.2, 0.25) is 0 Å². The minimum atomic E-state index is -0.902. The number of aliphatic hydroxyl groups excluding tert-OH is 2. The van der Waals surface area contributed by atoms with Crippen LogP contribution >= 0.6 is 0 Å². The highest BCUT2D eigenvalue weighted by Crippen LogP contribution is 2.23. The number of epoxide rings is 1. The highest BCUT2D eigenvalue weighted by molar-refractivity contribution is 5.18. The molecule has 2 rings (SSSR count). The molecule has 0 aliphatic carbocycles. The third-order valence-corrected chi connectivity index (χ3v) is 2.53. The summed E-state index contributed by atoms with van der Waals surface area (Å²) in [7, 11) is 0. The fourth-order valence-corrected chi connectivity index (χ4v) is 1.54. The summed E-state index contributed by atoms with van der Waals surface area (Å²) in [4.78, 5) is 0. The minimum Gasteiger partial charge on any atom is -0.394 e. The van der Waals surface area contributed by atoms with E-state index in [1.54, 1.807) is 0 Å². The van der Waals surface area contributed by atoms with Gasteiger partial charge in [-0.2, -0.15) is 0 Å². The molecule has 3 unspecified atom stereocenters. The Balaban J connectivity index is 2.00. The quantitative estimate of drug-likeness (QED) is 0.691. The maximum atomic E-state index is 9.69. The summed E-state index contributed by atoms with van der Waals surface area (Å²) in [5.41, 5.74) is 0.865. The van der Waals surface area contributed by atoms with E-state index in [4.69, 9.17) is 14.6 Å². The summed E-state index contributed by atoms with van der Waals surface area (Å²) < 4.78 is 10.6. The van der Waals surface area contributed by atoms with E-state index in [0.29, 0.717) is 6.61 Å². The first kappa shape index (κ1) is 11.5. The molecule has 0 aromatic heterocycles. The van der Waals surface area contributed by atoms with E-state index in [-0.39, 0.29) is 12.7 Å². The van der Waals surface area contributed by atoms with Crippen LogP contribution in [0.1, 0.15) is 11.7 Å². The fourth-order valence-electron chi connectivity index (χ4n) is 1.54. The van der Waals surface area contributed by atoms with Gasteiger partial charge < -0.3 is 19.7 Å². The molecule has 4 heteroatoms. The summed E-state index contributed by atoms with van der Waals surface area (Å²) in [5.74, 6) is 0. The largest absolute Gasteiger partial charge is 0.394 e. The van der Waals surface area contributed by atoms with Crippen LogP contribution in [0.4, 0.5) is 0 Å². The first-order valence-electron chi connectivity index (χ1n) is 5.38. The fraction of sp³-hybridized carbons (Fsp3) is 0.500. The van der Waals surface area contributed by atoms with Crippen molar-refractivity contribution in [2.24, 2.45) is 0 Å². The Hall–Kier alpha value is -0.940. The molecule has 0 bridgehead atoms. The van der Waals surface area contributed by atoms with Crippen LogP contribution in [-0.4, -0.2) is 42.2 Å². The van der Waals surface area contributed by atoms with Crippen molar-refractivity contribution in [2.75, 3.05) is 19.8 Å². The van der Waals surface area contributed by atoms with E-state index in [1.807, 2.05) is 30.3 Å². The predicted octanol–water partition coefficient (Wildman–Crippen LogP) is 0.496. The van der Waals surface area contributed by atoms with Gasteiger partial charge in [0, 0.05) is 0 Å². The van der Waals surface area contributed by atoms with Crippen LogP contribution in [0, 0.1) is 0 Å². The Labute approximate surface area is 94.4 Å². The number of hydrogen-bond donors (Lipinski definition) is 2. The number of ether oxygens (including phenoxy) is 2. The Morgan fingerprint density at radius 1 is 1.38 bits per heavy atom. The van der Waals surface area contributed by atoms with Crippen LogP contribution in [0.25, 0.3) is 0 Å². The topological polar surface area (TPSA) is 62.2 Å². The predicted molar refractivity (Wildman–Crippen MR) is 58.0 cm³/mol. The molecule has 16 heavy (non-hydrogen) atoms. The van der Waals surface area contributed by atoms with Gasteiger partial charge in [-0.25, -0.2) is 0 Å². The Bertz CT molecular complexity index is 310. The van der Waals surface area contributed by atoms with E-state index < -0.39 is 12.2 Å². The van der Waals surface area contributed by atoms with E-state index in [1.165, 1.54) is 0 Å². The van der Waals surface area contributed by atoms with E-state index in [2.05, 4.69) is 0 Å². The molecule has 0 amide bonds. The molecule has 1 aliphatic heterocycles. The number of aliphatic hydroxyl groups is 2. The summed E-state index contributed by atoms with van der Waals surface area (Å²) in [6.07, 6.45) is -1.24. The third-order valence-electron chi connectivity index (χ3n) is 2.53. The molecule has 1 aliphatic rings. The van der Waals surface area contributed by atoms with E-state index >= 15 is 0 Å². The molecule has 4 nitrogen and oxygen atoms in total. The van der Waals surface area contributed by atoms with Gasteiger partial charge in [0.25, 0.3) is 0 Å². The molecule has 1 heterocycles. The van der Waals surface area contributed by atoms with Gasteiger partial charge in [0.15, 0.2) is 0 Å². The van der Waals surface area contributed by atoms with Crippen molar-refractivity contribution in [3.05, 3.63) is 35.9 Å². The van der Waals surface area contributed by atoms with Crippen molar-refractivity contribution in [3.8, 4) is 0 Å². The van der Waals surface area contributed by atoms with Crippen LogP contribution in [0.5, 0.6) is 0 Å². The van der Waals surface area contributed by atoms with Gasteiger partial charge in [-0.05, 0) is 5.56 Å². The highest BCUT2D eigenvalue weighted by Gasteiger charge is 2.27. The molecular weight excluding hydrogens is 208 g/mol. The molecule has 88 valence electrons. The molecule has 1 aromatic rings. The lowest BCUT2D eigenvalue weighted by Gasteiger charge is -2.22. The van der Waals surface area contributed by atoms with Crippen LogP contribution in [0.2, 0.25) is 0 Å². The molecule has 3 atom stereocenters. The second-order valence-electron chi connectivity index (χ2n) is 3.87. The monoisotopic (exact) mass is 224 g/mol. The smallest absolute Gasteiger partial charge is 0.111 e. The molecule has 0 radical (unpaired) electrons.